The number of aromatic hydroxyl groups is 1. The number of nitrogens with zero attached hydrogens (tertiary/aromatic N) is 4. The predicted octanol–water partition coefficient (Wildman–Crippen LogP) is 2.17. The Kier molecular flexibility index (Phi) is 5.91. The summed E-state index contributed by atoms with van der Waals surface area (Å²) in [4.78, 5) is 41.2. The van der Waals surface area contributed by atoms with E-state index in [1.807, 2.05) is 65.7 Å². The molecular weight excluding hydrogens is 420 g/mol. The molecule has 2 heterocycles. The second-order valence-electron chi connectivity index (χ2n) is 8.21. The van der Waals surface area contributed by atoms with Crippen LogP contribution in [0.15, 0.2) is 77.7 Å². The molecule has 1 aliphatic rings. The highest BCUT2D eigenvalue weighted by atomic mass is 16.3. The van der Waals surface area contributed by atoms with Crippen molar-refractivity contribution >= 4 is 11.8 Å². The van der Waals surface area contributed by atoms with E-state index in [2.05, 4.69) is 0 Å². The van der Waals surface area contributed by atoms with Crippen LogP contribution in [0.2, 0.25) is 0 Å². The molecule has 1 atom stereocenters. The van der Waals surface area contributed by atoms with Crippen LogP contribution in [-0.4, -0.2) is 58.2 Å². The molecule has 8 heteroatoms. The lowest BCUT2D eigenvalue weighted by Crippen LogP contribution is -2.60. The minimum Gasteiger partial charge on any atom is -0.502 e. The Hall–Kier alpha value is -4.07. The van der Waals surface area contributed by atoms with Crippen molar-refractivity contribution in [2.75, 3.05) is 25.8 Å². The molecule has 0 radical (unpaired) electrons. The highest BCUT2D eigenvalue weighted by Gasteiger charge is 2.40. The number of pyridine rings is 1. The van der Waals surface area contributed by atoms with Crippen LogP contribution < -0.4 is 10.4 Å². The molecule has 0 saturated carbocycles. The van der Waals surface area contributed by atoms with Crippen molar-refractivity contribution in [1.82, 2.24) is 14.5 Å². The third kappa shape index (κ3) is 3.95. The van der Waals surface area contributed by atoms with Gasteiger partial charge in [0.1, 0.15) is 12.7 Å². The summed E-state index contributed by atoms with van der Waals surface area (Å²) in [7, 11) is 3.25. The molecule has 0 saturated heterocycles. The second kappa shape index (κ2) is 8.82. The predicted molar refractivity (Wildman–Crippen MR) is 125 cm³/mol. The lowest BCUT2D eigenvalue weighted by atomic mass is 9.98. The van der Waals surface area contributed by atoms with Gasteiger partial charge < -0.3 is 14.9 Å². The van der Waals surface area contributed by atoms with Crippen molar-refractivity contribution in [3.63, 3.8) is 0 Å². The van der Waals surface area contributed by atoms with Gasteiger partial charge in [-0.1, -0.05) is 60.7 Å². The molecule has 4 rings (SSSR count). The Labute approximate surface area is 191 Å². The van der Waals surface area contributed by atoms with Crippen molar-refractivity contribution in [3.05, 3.63) is 100.0 Å². The topological polar surface area (TPSA) is 86.1 Å². The Balaban J connectivity index is 1.93. The van der Waals surface area contributed by atoms with Gasteiger partial charge in [-0.3, -0.25) is 24.1 Å². The molecule has 0 bridgehead atoms. The maximum atomic E-state index is 13.4. The number of amides is 2. The number of likely N-dealkylation sites (N-methyl/N-ethyl adjacent to an activating group) is 1. The quantitative estimate of drug-likeness (QED) is 0.649. The number of carbonyl (C=O) groups excluding carboxylic acids is 2. The fourth-order valence-corrected chi connectivity index (χ4v) is 4.17. The van der Waals surface area contributed by atoms with Crippen LogP contribution >= 0.6 is 0 Å². The number of benzene rings is 2. The van der Waals surface area contributed by atoms with Gasteiger partial charge in [-0.2, -0.15) is 0 Å². The Morgan fingerprint density at radius 2 is 1.48 bits per heavy atom. The summed E-state index contributed by atoms with van der Waals surface area (Å²) < 4.78 is 1.52. The van der Waals surface area contributed by atoms with E-state index in [4.69, 9.17) is 0 Å². The molecule has 1 aliphatic heterocycles. The van der Waals surface area contributed by atoms with Gasteiger partial charge in [0.15, 0.2) is 11.4 Å². The van der Waals surface area contributed by atoms with Gasteiger partial charge in [-0.15, -0.1) is 0 Å². The summed E-state index contributed by atoms with van der Waals surface area (Å²) >= 11 is 0. The van der Waals surface area contributed by atoms with Crippen molar-refractivity contribution in [1.29, 1.82) is 0 Å². The summed E-state index contributed by atoms with van der Waals surface area (Å²) in [5.74, 6) is -1.48. The number of hydrogen-bond acceptors (Lipinski definition) is 5. The summed E-state index contributed by atoms with van der Waals surface area (Å²) in [6.45, 7) is 1.72. The van der Waals surface area contributed by atoms with E-state index in [9.17, 15) is 19.5 Å². The number of rotatable bonds is 5. The van der Waals surface area contributed by atoms with Crippen molar-refractivity contribution in [2.24, 2.45) is 0 Å². The third-order valence-corrected chi connectivity index (χ3v) is 5.89. The minimum atomic E-state index is -0.800. The van der Waals surface area contributed by atoms with E-state index in [-0.39, 0.29) is 24.3 Å². The Morgan fingerprint density at radius 1 is 0.939 bits per heavy atom. The van der Waals surface area contributed by atoms with E-state index in [1.54, 1.807) is 21.0 Å². The molecule has 1 unspecified atom stereocenters. The molecule has 2 aromatic carbocycles. The van der Waals surface area contributed by atoms with E-state index >= 15 is 0 Å². The fraction of sp³-hybridized carbons (Fsp3) is 0.240. The van der Waals surface area contributed by atoms with Crippen LogP contribution in [0.25, 0.3) is 0 Å². The Bertz CT molecular complexity index is 1180. The maximum absolute atomic E-state index is 13.4. The van der Waals surface area contributed by atoms with E-state index in [1.165, 1.54) is 26.7 Å². The first-order chi connectivity index (χ1) is 15.8. The van der Waals surface area contributed by atoms with Crippen LogP contribution in [0.5, 0.6) is 5.75 Å². The first-order valence-corrected chi connectivity index (χ1v) is 10.6. The van der Waals surface area contributed by atoms with Crippen LogP contribution in [0.3, 0.4) is 0 Å². The standard InChI is InChI=1S/C25H26N4O4/c1-17(24(32)26(2)3)27-16-29(28-15-14-20(30)23(31)22(28)25(27)33)21(18-10-6-4-7-11-18)19-12-8-5-9-13-19/h4-15,17,21,31H,16H2,1-3H3. The lowest BCUT2D eigenvalue weighted by molar-refractivity contribution is -0.133. The molecule has 2 amide bonds. The zero-order valence-electron chi connectivity index (χ0n) is 18.8. The molecule has 0 aliphatic carbocycles. The van der Waals surface area contributed by atoms with Gasteiger partial charge in [-0.05, 0) is 18.1 Å². The van der Waals surface area contributed by atoms with Gasteiger partial charge in [0.25, 0.3) is 5.91 Å². The number of carbonyl (C=O) groups is 2. The molecule has 1 aromatic heterocycles. The van der Waals surface area contributed by atoms with Crippen LogP contribution in [0.4, 0.5) is 0 Å². The van der Waals surface area contributed by atoms with Gasteiger partial charge in [0.2, 0.25) is 11.3 Å². The van der Waals surface area contributed by atoms with Crippen molar-refractivity contribution < 1.29 is 14.7 Å². The normalized spacial score (nSPS) is 14.2. The fourth-order valence-electron chi connectivity index (χ4n) is 4.17. The van der Waals surface area contributed by atoms with Gasteiger partial charge in [0, 0.05) is 26.4 Å². The van der Waals surface area contributed by atoms with Crippen molar-refractivity contribution in [2.45, 2.75) is 19.0 Å². The summed E-state index contributed by atoms with van der Waals surface area (Å²) in [6, 6.07) is 19.6. The molecule has 170 valence electrons. The van der Waals surface area contributed by atoms with Gasteiger partial charge >= 0.3 is 0 Å². The highest BCUT2D eigenvalue weighted by molar-refractivity contribution is 5.99. The average Bonchev–Trinajstić information content (AvgIpc) is 2.83. The molecular formula is C25H26N4O4. The molecule has 0 spiro atoms. The SMILES string of the molecule is CC(C(=O)N(C)C)N1CN(C(c2ccccc2)c2ccccc2)n2ccc(=O)c(O)c2C1=O. The lowest BCUT2D eigenvalue weighted by Gasteiger charge is -2.45. The molecule has 8 nitrogen and oxygen atoms in total. The van der Waals surface area contributed by atoms with Crippen LogP contribution in [-0.2, 0) is 4.79 Å². The highest BCUT2D eigenvalue weighted by Crippen LogP contribution is 2.32. The molecule has 1 N–H and O–H groups in total. The minimum absolute atomic E-state index is 0.0728. The number of fused-ring (bicyclic) bond motifs is 1. The third-order valence-electron chi connectivity index (χ3n) is 5.89. The van der Waals surface area contributed by atoms with E-state index in [0.29, 0.717) is 0 Å². The number of hydrogen-bond donors (Lipinski definition) is 1. The number of aromatic nitrogens is 1. The van der Waals surface area contributed by atoms with E-state index in [0.717, 1.165) is 11.1 Å². The largest absolute Gasteiger partial charge is 0.502 e. The Morgan fingerprint density at radius 3 is 2.00 bits per heavy atom. The summed E-state index contributed by atoms with van der Waals surface area (Å²) in [5.41, 5.74) is 1.09. The average molecular weight is 447 g/mol. The second-order valence-corrected chi connectivity index (χ2v) is 8.21. The maximum Gasteiger partial charge on any atom is 0.278 e. The van der Waals surface area contributed by atoms with Gasteiger partial charge in [-0.25, -0.2) is 0 Å². The zero-order valence-corrected chi connectivity index (χ0v) is 18.8. The zero-order chi connectivity index (χ0) is 23.7. The molecule has 33 heavy (non-hydrogen) atoms. The van der Waals surface area contributed by atoms with Gasteiger partial charge in [0.05, 0.1) is 6.04 Å². The van der Waals surface area contributed by atoms with Crippen LogP contribution in [0, 0.1) is 0 Å². The summed E-state index contributed by atoms with van der Waals surface area (Å²) in [5, 5.41) is 12.5. The molecule has 3 aromatic rings. The van der Waals surface area contributed by atoms with Crippen LogP contribution in [0.1, 0.15) is 34.6 Å². The first-order valence-electron chi connectivity index (χ1n) is 10.6. The van der Waals surface area contributed by atoms with E-state index < -0.39 is 23.1 Å². The first kappa shape index (κ1) is 22.1. The summed E-state index contributed by atoms with van der Waals surface area (Å²) in [6.07, 6.45) is 1.49. The monoisotopic (exact) mass is 446 g/mol. The smallest absolute Gasteiger partial charge is 0.278 e. The molecule has 0 fully saturated rings. The van der Waals surface area contributed by atoms with Crippen molar-refractivity contribution in [3.8, 4) is 5.75 Å².